The molecule has 0 saturated heterocycles. The van der Waals surface area contributed by atoms with Crippen molar-refractivity contribution in [2.75, 3.05) is 29.6 Å². The zero-order chi connectivity index (χ0) is 18.4. The molecule has 2 aromatic rings. The van der Waals surface area contributed by atoms with Crippen LogP contribution in [0.3, 0.4) is 0 Å². The van der Waals surface area contributed by atoms with Crippen molar-refractivity contribution < 1.29 is 14.3 Å². The van der Waals surface area contributed by atoms with E-state index in [0.717, 1.165) is 5.56 Å². The molecule has 2 amide bonds. The van der Waals surface area contributed by atoms with Crippen molar-refractivity contribution in [2.45, 2.75) is 13.8 Å². The summed E-state index contributed by atoms with van der Waals surface area (Å²) < 4.78 is 5.26. The van der Waals surface area contributed by atoms with Gasteiger partial charge in [0.25, 0.3) is 0 Å². The smallest absolute Gasteiger partial charge is 0.243 e. The molecule has 0 unspecified atom stereocenters. The lowest BCUT2D eigenvalue weighted by atomic mass is 10.2. The molecule has 6 nitrogen and oxygen atoms in total. The maximum absolute atomic E-state index is 12.1. The van der Waals surface area contributed by atoms with E-state index in [1.165, 1.54) is 14.0 Å². The zero-order valence-corrected chi connectivity index (χ0v) is 15.0. The van der Waals surface area contributed by atoms with Crippen molar-refractivity contribution >= 4 is 40.5 Å². The van der Waals surface area contributed by atoms with Crippen molar-refractivity contribution in [3.05, 3.63) is 47.0 Å². The average molecular weight is 362 g/mol. The molecule has 0 saturated carbocycles. The number of hydrogen-bond acceptors (Lipinski definition) is 4. The number of methoxy groups -OCH3 is 1. The first-order valence-corrected chi connectivity index (χ1v) is 8.02. The third kappa shape index (κ3) is 5.39. The van der Waals surface area contributed by atoms with Gasteiger partial charge in [0.1, 0.15) is 5.75 Å². The minimum Gasteiger partial charge on any atom is -0.495 e. The molecule has 2 rings (SSSR count). The molecule has 0 aliphatic rings. The van der Waals surface area contributed by atoms with Crippen LogP contribution in [-0.2, 0) is 9.59 Å². The van der Waals surface area contributed by atoms with Gasteiger partial charge in [0.15, 0.2) is 0 Å². The van der Waals surface area contributed by atoms with Crippen molar-refractivity contribution in [3.8, 4) is 5.75 Å². The minimum absolute atomic E-state index is 0.0179. The molecule has 0 radical (unpaired) electrons. The van der Waals surface area contributed by atoms with Crippen molar-refractivity contribution in [1.82, 2.24) is 0 Å². The van der Waals surface area contributed by atoms with Crippen LogP contribution in [0.25, 0.3) is 0 Å². The normalized spacial score (nSPS) is 10.1. The summed E-state index contributed by atoms with van der Waals surface area (Å²) >= 11 is 6.11. The fraction of sp³-hybridized carbons (Fsp3) is 0.222. The summed E-state index contributed by atoms with van der Waals surface area (Å²) in [5.41, 5.74) is 2.77. The summed E-state index contributed by atoms with van der Waals surface area (Å²) in [6.45, 7) is 3.37. The summed E-state index contributed by atoms with van der Waals surface area (Å²) in [6, 6.07) is 10.5. The summed E-state index contributed by atoms with van der Waals surface area (Å²) in [4.78, 5) is 23.3. The Kier molecular flexibility index (Phi) is 6.25. The monoisotopic (exact) mass is 361 g/mol. The maximum atomic E-state index is 12.1. The van der Waals surface area contributed by atoms with Crippen molar-refractivity contribution in [1.29, 1.82) is 0 Å². The molecule has 0 aliphatic carbocycles. The molecule has 0 spiro atoms. The number of nitrogens with one attached hydrogen (secondary N) is 3. The average Bonchev–Trinajstić information content (AvgIpc) is 2.55. The van der Waals surface area contributed by atoms with Crippen LogP contribution in [0.5, 0.6) is 5.75 Å². The number of hydrogen-bond donors (Lipinski definition) is 3. The van der Waals surface area contributed by atoms with Gasteiger partial charge in [-0.25, -0.2) is 0 Å². The van der Waals surface area contributed by atoms with Crippen molar-refractivity contribution in [2.24, 2.45) is 0 Å². The van der Waals surface area contributed by atoms with Crippen LogP contribution < -0.4 is 20.7 Å². The van der Waals surface area contributed by atoms with E-state index in [4.69, 9.17) is 16.3 Å². The summed E-state index contributed by atoms with van der Waals surface area (Å²) in [5.74, 6) is 0.135. The molecule has 0 heterocycles. The van der Waals surface area contributed by atoms with Crippen LogP contribution in [0, 0.1) is 6.92 Å². The second-order valence-corrected chi connectivity index (χ2v) is 5.89. The molecule has 0 aromatic heterocycles. The molecule has 0 bridgehead atoms. The third-order valence-electron chi connectivity index (χ3n) is 3.36. The number of anilines is 3. The Balaban J connectivity index is 2.04. The fourth-order valence-electron chi connectivity index (χ4n) is 2.22. The molecule has 0 aliphatic heterocycles. The first kappa shape index (κ1) is 18.6. The van der Waals surface area contributed by atoms with E-state index in [2.05, 4.69) is 16.0 Å². The predicted molar refractivity (Wildman–Crippen MR) is 101 cm³/mol. The van der Waals surface area contributed by atoms with E-state index in [1.54, 1.807) is 30.3 Å². The standard InChI is InChI=1S/C18H20ClN3O3/c1-11-4-6-15(14(19)8-11)22-18(24)10-20-16-9-13(21-12(2)23)5-7-17(16)25-3/h4-9,20H,10H2,1-3H3,(H,21,23)(H,22,24). The first-order chi connectivity index (χ1) is 11.9. The van der Waals surface area contributed by atoms with E-state index in [1.807, 2.05) is 13.0 Å². The highest BCUT2D eigenvalue weighted by Crippen LogP contribution is 2.28. The van der Waals surface area contributed by atoms with Gasteiger partial charge in [-0.2, -0.15) is 0 Å². The number of aryl methyl sites for hydroxylation is 1. The number of rotatable bonds is 6. The predicted octanol–water partition coefficient (Wildman–Crippen LogP) is 3.67. The van der Waals surface area contributed by atoms with Crippen molar-refractivity contribution in [3.63, 3.8) is 0 Å². The van der Waals surface area contributed by atoms with Crippen LogP contribution in [0.4, 0.5) is 17.1 Å². The minimum atomic E-state index is -0.252. The molecule has 3 N–H and O–H groups in total. The summed E-state index contributed by atoms with van der Waals surface area (Å²) in [5, 5.41) is 8.91. The van der Waals surface area contributed by atoms with Crippen LogP contribution in [0.2, 0.25) is 5.02 Å². The highest BCUT2D eigenvalue weighted by Gasteiger charge is 2.09. The lowest BCUT2D eigenvalue weighted by molar-refractivity contribution is -0.115. The van der Waals surface area contributed by atoms with Crippen LogP contribution in [-0.4, -0.2) is 25.5 Å². The first-order valence-electron chi connectivity index (χ1n) is 7.64. The Labute approximate surface area is 151 Å². The number of halogens is 1. The van der Waals surface area contributed by atoms with Gasteiger partial charge in [0.2, 0.25) is 11.8 Å². The van der Waals surface area contributed by atoms with E-state index in [0.29, 0.717) is 27.8 Å². The Morgan fingerprint density at radius 3 is 2.48 bits per heavy atom. The maximum Gasteiger partial charge on any atom is 0.243 e. The van der Waals surface area contributed by atoms with Gasteiger partial charge in [0.05, 0.1) is 30.1 Å². The van der Waals surface area contributed by atoms with Gasteiger partial charge in [-0.3, -0.25) is 9.59 Å². The lowest BCUT2D eigenvalue weighted by Crippen LogP contribution is -2.22. The second-order valence-electron chi connectivity index (χ2n) is 5.48. The highest BCUT2D eigenvalue weighted by molar-refractivity contribution is 6.33. The quantitative estimate of drug-likeness (QED) is 0.733. The van der Waals surface area contributed by atoms with E-state index >= 15 is 0 Å². The molecule has 7 heteroatoms. The second kappa shape index (κ2) is 8.39. The Morgan fingerprint density at radius 2 is 1.84 bits per heavy atom. The fourth-order valence-corrected chi connectivity index (χ4v) is 2.50. The van der Waals surface area contributed by atoms with Gasteiger partial charge in [-0.05, 0) is 42.8 Å². The number of benzene rings is 2. The zero-order valence-electron chi connectivity index (χ0n) is 14.3. The lowest BCUT2D eigenvalue weighted by Gasteiger charge is -2.13. The number of carbonyl (C=O) groups excluding carboxylic acids is 2. The number of carbonyl (C=O) groups is 2. The van der Waals surface area contributed by atoms with E-state index in [9.17, 15) is 9.59 Å². The topological polar surface area (TPSA) is 79.5 Å². The molecule has 2 aromatic carbocycles. The van der Waals surface area contributed by atoms with Crippen LogP contribution in [0.15, 0.2) is 36.4 Å². The van der Waals surface area contributed by atoms with Gasteiger partial charge in [0, 0.05) is 12.6 Å². The molecule has 0 atom stereocenters. The third-order valence-corrected chi connectivity index (χ3v) is 3.67. The Bertz CT molecular complexity index is 793. The Hall–Kier alpha value is -2.73. The van der Waals surface area contributed by atoms with Crippen LogP contribution >= 0.6 is 11.6 Å². The van der Waals surface area contributed by atoms with E-state index in [-0.39, 0.29) is 18.4 Å². The van der Waals surface area contributed by atoms with Gasteiger partial charge >= 0.3 is 0 Å². The summed E-state index contributed by atoms with van der Waals surface area (Å²) in [7, 11) is 1.53. The van der Waals surface area contributed by atoms with Crippen LogP contribution in [0.1, 0.15) is 12.5 Å². The highest BCUT2D eigenvalue weighted by atomic mass is 35.5. The van der Waals surface area contributed by atoms with E-state index < -0.39 is 0 Å². The molecule has 0 fully saturated rings. The molecular weight excluding hydrogens is 342 g/mol. The SMILES string of the molecule is COc1ccc(NC(C)=O)cc1NCC(=O)Nc1ccc(C)cc1Cl. The Morgan fingerprint density at radius 1 is 1.08 bits per heavy atom. The molecular formula is C18H20ClN3O3. The van der Waals surface area contributed by atoms with Gasteiger partial charge in [-0.15, -0.1) is 0 Å². The summed E-state index contributed by atoms with van der Waals surface area (Å²) in [6.07, 6.45) is 0. The largest absolute Gasteiger partial charge is 0.495 e. The molecule has 132 valence electrons. The number of ether oxygens (including phenoxy) is 1. The molecule has 25 heavy (non-hydrogen) atoms. The van der Waals surface area contributed by atoms with Gasteiger partial charge < -0.3 is 20.7 Å². The van der Waals surface area contributed by atoms with Gasteiger partial charge in [-0.1, -0.05) is 17.7 Å². The number of amides is 2.